The van der Waals surface area contributed by atoms with Crippen molar-refractivity contribution in [3.63, 3.8) is 0 Å². The Labute approximate surface area is 157 Å². The molecule has 0 radical (unpaired) electrons. The molecule has 144 valence electrons. The van der Waals surface area contributed by atoms with Gasteiger partial charge in [-0.3, -0.25) is 14.2 Å². The van der Waals surface area contributed by atoms with Crippen molar-refractivity contribution in [3.05, 3.63) is 75.7 Å². The smallest absolute Gasteiger partial charge is 0.296 e. The first-order chi connectivity index (χ1) is 13.3. The van der Waals surface area contributed by atoms with E-state index in [0.717, 1.165) is 12.1 Å². The van der Waals surface area contributed by atoms with Crippen molar-refractivity contribution in [3.8, 4) is 0 Å². The summed E-state index contributed by atoms with van der Waals surface area (Å²) in [4.78, 5) is 28.7. The van der Waals surface area contributed by atoms with Gasteiger partial charge in [0.2, 0.25) is 0 Å². The molecular formula is C19H15F3N4O2. The van der Waals surface area contributed by atoms with E-state index in [4.69, 9.17) is 0 Å². The van der Waals surface area contributed by atoms with Crippen LogP contribution in [0.3, 0.4) is 0 Å². The molecule has 0 atom stereocenters. The third-order valence-corrected chi connectivity index (χ3v) is 3.96. The Kier molecular flexibility index (Phi) is 5.25. The molecule has 0 aliphatic rings. The number of para-hydroxylation sites is 2. The molecule has 0 unspecified atom stereocenters. The van der Waals surface area contributed by atoms with E-state index in [2.05, 4.69) is 15.5 Å². The topological polar surface area (TPSA) is 76.3 Å². The molecule has 1 amide bonds. The average Bonchev–Trinajstić information content (AvgIpc) is 2.65. The zero-order chi connectivity index (χ0) is 20.3. The highest BCUT2D eigenvalue weighted by Crippen LogP contribution is 2.28. The molecule has 1 N–H and O–H groups in total. The Morgan fingerprint density at radius 1 is 1.18 bits per heavy atom. The van der Waals surface area contributed by atoms with Crippen molar-refractivity contribution in [1.29, 1.82) is 0 Å². The van der Waals surface area contributed by atoms with Crippen LogP contribution in [0.1, 0.15) is 16.8 Å². The molecule has 0 fully saturated rings. The molecule has 0 saturated heterocycles. The number of nitrogens with zero attached hydrogens (tertiary/aromatic N) is 3. The fraction of sp³-hybridized carbons (Fsp3) is 0.158. The lowest BCUT2D eigenvalue weighted by Crippen LogP contribution is -2.31. The molecule has 0 saturated carbocycles. The zero-order valence-electron chi connectivity index (χ0n) is 14.7. The number of rotatable bonds is 4. The molecule has 9 heteroatoms. The predicted octanol–water partition coefficient (Wildman–Crippen LogP) is 2.87. The molecule has 0 bridgehead atoms. The standard InChI is InChI=1S/C19H15F3N4O2/c1-12-18(28)26(16-5-3-2-4-15(16)24-12)11-17(27)25-23-10-13-6-8-14(9-7-13)19(20,21)22/h2-10H,11H2,1H3,(H,25,27). The molecule has 6 nitrogen and oxygen atoms in total. The number of hydrazone groups is 1. The van der Waals surface area contributed by atoms with Gasteiger partial charge < -0.3 is 0 Å². The number of aryl methyl sites for hydroxylation is 1. The summed E-state index contributed by atoms with van der Waals surface area (Å²) in [5.74, 6) is -0.555. The maximum atomic E-state index is 12.5. The van der Waals surface area contributed by atoms with E-state index in [9.17, 15) is 22.8 Å². The first-order valence-corrected chi connectivity index (χ1v) is 8.21. The van der Waals surface area contributed by atoms with E-state index in [1.807, 2.05) is 0 Å². The average molecular weight is 388 g/mol. The van der Waals surface area contributed by atoms with Gasteiger partial charge in [0.1, 0.15) is 12.2 Å². The number of nitrogens with one attached hydrogen (secondary N) is 1. The Hall–Kier alpha value is -3.49. The molecular weight excluding hydrogens is 373 g/mol. The summed E-state index contributed by atoms with van der Waals surface area (Å²) in [7, 11) is 0. The first kappa shape index (κ1) is 19.3. The molecule has 1 heterocycles. The van der Waals surface area contributed by atoms with Gasteiger partial charge in [-0.15, -0.1) is 0 Å². The highest BCUT2D eigenvalue weighted by molar-refractivity contribution is 5.83. The lowest BCUT2D eigenvalue weighted by molar-refractivity contribution is -0.137. The van der Waals surface area contributed by atoms with Gasteiger partial charge in [-0.25, -0.2) is 10.4 Å². The number of carbonyl (C=O) groups is 1. The largest absolute Gasteiger partial charge is 0.416 e. The van der Waals surface area contributed by atoms with E-state index in [0.29, 0.717) is 16.6 Å². The highest BCUT2D eigenvalue weighted by Gasteiger charge is 2.29. The van der Waals surface area contributed by atoms with E-state index in [1.165, 1.54) is 22.9 Å². The Bertz CT molecular complexity index is 1100. The van der Waals surface area contributed by atoms with Crippen molar-refractivity contribution in [2.75, 3.05) is 0 Å². The van der Waals surface area contributed by atoms with Crippen LogP contribution in [-0.4, -0.2) is 21.7 Å². The summed E-state index contributed by atoms with van der Waals surface area (Å²) in [6.07, 6.45) is -3.20. The summed E-state index contributed by atoms with van der Waals surface area (Å²) >= 11 is 0. The minimum Gasteiger partial charge on any atom is -0.296 e. The molecule has 3 aromatic rings. The van der Waals surface area contributed by atoms with Gasteiger partial charge in [0.05, 0.1) is 22.8 Å². The number of hydrogen-bond donors (Lipinski definition) is 1. The van der Waals surface area contributed by atoms with Crippen LogP contribution < -0.4 is 11.0 Å². The predicted molar refractivity (Wildman–Crippen MR) is 97.9 cm³/mol. The van der Waals surface area contributed by atoms with Gasteiger partial charge in [0.25, 0.3) is 11.5 Å². The number of aromatic nitrogens is 2. The van der Waals surface area contributed by atoms with E-state index in [-0.39, 0.29) is 17.8 Å². The maximum absolute atomic E-state index is 12.5. The fourth-order valence-corrected chi connectivity index (χ4v) is 2.59. The highest BCUT2D eigenvalue weighted by atomic mass is 19.4. The number of carbonyl (C=O) groups excluding carboxylic acids is 1. The second-order valence-electron chi connectivity index (χ2n) is 5.99. The quantitative estimate of drug-likeness (QED) is 0.552. The Morgan fingerprint density at radius 3 is 2.54 bits per heavy atom. The molecule has 1 aromatic heterocycles. The van der Waals surface area contributed by atoms with Crippen LogP contribution >= 0.6 is 0 Å². The first-order valence-electron chi connectivity index (χ1n) is 8.21. The Balaban J connectivity index is 1.71. The number of alkyl halides is 3. The monoisotopic (exact) mass is 388 g/mol. The fourth-order valence-electron chi connectivity index (χ4n) is 2.59. The van der Waals surface area contributed by atoms with Crippen LogP contribution in [0.5, 0.6) is 0 Å². The van der Waals surface area contributed by atoms with Crippen LogP contribution in [0.2, 0.25) is 0 Å². The van der Waals surface area contributed by atoms with Crippen LogP contribution in [0.4, 0.5) is 13.2 Å². The van der Waals surface area contributed by atoms with Gasteiger partial charge in [-0.05, 0) is 36.8 Å². The van der Waals surface area contributed by atoms with Crippen LogP contribution in [-0.2, 0) is 17.5 Å². The van der Waals surface area contributed by atoms with Crippen LogP contribution in [0.25, 0.3) is 11.0 Å². The molecule has 0 spiro atoms. The summed E-state index contributed by atoms with van der Waals surface area (Å²) in [5, 5.41) is 3.72. The van der Waals surface area contributed by atoms with E-state index >= 15 is 0 Å². The summed E-state index contributed by atoms with van der Waals surface area (Å²) in [5.41, 5.74) is 2.85. The maximum Gasteiger partial charge on any atom is 0.416 e. The lowest BCUT2D eigenvalue weighted by Gasteiger charge is -2.09. The van der Waals surface area contributed by atoms with Crippen LogP contribution in [0, 0.1) is 6.92 Å². The molecule has 28 heavy (non-hydrogen) atoms. The van der Waals surface area contributed by atoms with Gasteiger partial charge in [0, 0.05) is 0 Å². The van der Waals surface area contributed by atoms with Gasteiger partial charge >= 0.3 is 6.18 Å². The van der Waals surface area contributed by atoms with Crippen molar-refractivity contribution in [2.45, 2.75) is 19.6 Å². The van der Waals surface area contributed by atoms with E-state index < -0.39 is 17.6 Å². The summed E-state index contributed by atoms with van der Waals surface area (Å²) < 4.78 is 38.9. The van der Waals surface area contributed by atoms with Gasteiger partial charge in [0.15, 0.2) is 0 Å². The number of amides is 1. The molecule has 2 aromatic carbocycles. The number of hydrogen-bond acceptors (Lipinski definition) is 4. The second kappa shape index (κ2) is 7.63. The number of fused-ring (bicyclic) bond motifs is 1. The molecule has 0 aliphatic carbocycles. The summed E-state index contributed by atoms with van der Waals surface area (Å²) in [6, 6.07) is 11.3. The zero-order valence-corrected chi connectivity index (χ0v) is 14.7. The lowest BCUT2D eigenvalue weighted by atomic mass is 10.1. The second-order valence-corrected chi connectivity index (χ2v) is 5.99. The minimum absolute atomic E-state index is 0.264. The van der Waals surface area contributed by atoms with E-state index in [1.54, 1.807) is 31.2 Å². The molecule has 3 rings (SSSR count). The van der Waals surface area contributed by atoms with Crippen molar-refractivity contribution in [1.82, 2.24) is 15.0 Å². The minimum atomic E-state index is -4.41. The van der Waals surface area contributed by atoms with Crippen molar-refractivity contribution >= 4 is 23.2 Å². The number of halogens is 3. The summed E-state index contributed by atoms with van der Waals surface area (Å²) in [6.45, 7) is 1.29. The normalized spacial score (nSPS) is 11.9. The van der Waals surface area contributed by atoms with Crippen LogP contribution in [0.15, 0.2) is 58.4 Å². The SMILES string of the molecule is Cc1nc2ccccc2n(CC(=O)NN=Cc2ccc(C(F)(F)F)cc2)c1=O. The third kappa shape index (κ3) is 4.25. The van der Waals surface area contributed by atoms with Crippen molar-refractivity contribution in [2.24, 2.45) is 5.10 Å². The van der Waals surface area contributed by atoms with Crippen molar-refractivity contribution < 1.29 is 18.0 Å². The third-order valence-electron chi connectivity index (χ3n) is 3.96. The molecule has 0 aliphatic heterocycles. The Morgan fingerprint density at radius 2 is 1.86 bits per heavy atom. The van der Waals surface area contributed by atoms with Gasteiger partial charge in [-0.1, -0.05) is 24.3 Å². The number of benzene rings is 2. The van der Waals surface area contributed by atoms with Gasteiger partial charge in [-0.2, -0.15) is 18.3 Å².